The van der Waals surface area contributed by atoms with Gasteiger partial charge in [0.1, 0.15) is 12.4 Å². The van der Waals surface area contributed by atoms with Crippen molar-refractivity contribution >= 4 is 22.8 Å². The van der Waals surface area contributed by atoms with E-state index in [1.54, 1.807) is 29.2 Å². The molecule has 5 rings (SSSR count). The number of benzene rings is 1. The second-order valence-electron chi connectivity index (χ2n) is 7.44. The van der Waals surface area contributed by atoms with E-state index < -0.39 is 5.97 Å². The number of nitrogens with one attached hydrogen (secondary N) is 1. The molecule has 0 bridgehead atoms. The highest BCUT2D eigenvalue weighted by Gasteiger charge is 2.25. The van der Waals surface area contributed by atoms with Gasteiger partial charge in [-0.1, -0.05) is 30.3 Å². The van der Waals surface area contributed by atoms with Gasteiger partial charge >= 0.3 is 5.97 Å². The monoisotopic (exact) mass is 418 g/mol. The van der Waals surface area contributed by atoms with Gasteiger partial charge in [0.15, 0.2) is 11.5 Å². The SMILES string of the molecule is C[C@@H]1COCCN1c1cc(C(=O)OCc2ccccc2)c2cnn(-c3ccn[nH]3)c2n1. The third kappa shape index (κ3) is 3.75. The number of aromatic amines is 1. The van der Waals surface area contributed by atoms with E-state index in [1.165, 1.54) is 0 Å². The lowest BCUT2D eigenvalue weighted by molar-refractivity contribution is 0.0475. The van der Waals surface area contributed by atoms with E-state index in [2.05, 4.69) is 27.1 Å². The second kappa shape index (κ2) is 8.19. The predicted molar refractivity (Wildman–Crippen MR) is 114 cm³/mol. The molecule has 4 heterocycles. The van der Waals surface area contributed by atoms with Crippen molar-refractivity contribution < 1.29 is 14.3 Å². The van der Waals surface area contributed by atoms with Crippen LogP contribution in [0, 0.1) is 0 Å². The van der Waals surface area contributed by atoms with Gasteiger partial charge in [0.25, 0.3) is 0 Å². The Morgan fingerprint density at radius 1 is 1.29 bits per heavy atom. The van der Waals surface area contributed by atoms with Crippen molar-refractivity contribution in [2.45, 2.75) is 19.6 Å². The summed E-state index contributed by atoms with van der Waals surface area (Å²) in [6, 6.07) is 13.3. The summed E-state index contributed by atoms with van der Waals surface area (Å²) in [5, 5.41) is 12.0. The average Bonchev–Trinajstić information content (AvgIpc) is 3.47. The molecule has 1 N–H and O–H groups in total. The molecule has 4 aromatic rings. The number of hydrogen-bond acceptors (Lipinski definition) is 7. The maximum atomic E-state index is 13.1. The van der Waals surface area contributed by atoms with Gasteiger partial charge in [0, 0.05) is 12.6 Å². The van der Waals surface area contributed by atoms with Crippen LogP contribution in [-0.4, -0.2) is 56.7 Å². The number of rotatable bonds is 5. The first kappa shape index (κ1) is 19.3. The Morgan fingerprint density at radius 2 is 2.16 bits per heavy atom. The van der Waals surface area contributed by atoms with Crippen molar-refractivity contribution in [3.63, 3.8) is 0 Å². The number of esters is 1. The van der Waals surface area contributed by atoms with E-state index in [9.17, 15) is 4.79 Å². The largest absolute Gasteiger partial charge is 0.457 e. The summed E-state index contributed by atoms with van der Waals surface area (Å²) in [5.41, 5.74) is 1.92. The van der Waals surface area contributed by atoms with E-state index >= 15 is 0 Å². The number of nitrogens with zero attached hydrogens (tertiary/aromatic N) is 5. The number of ether oxygens (including phenoxy) is 2. The summed E-state index contributed by atoms with van der Waals surface area (Å²) in [6.45, 7) is 4.17. The lowest BCUT2D eigenvalue weighted by atomic mass is 10.1. The zero-order valence-corrected chi connectivity index (χ0v) is 17.1. The third-order valence-electron chi connectivity index (χ3n) is 5.34. The van der Waals surface area contributed by atoms with Crippen molar-refractivity contribution in [2.75, 3.05) is 24.7 Å². The highest BCUT2D eigenvalue weighted by Crippen LogP contribution is 2.27. The van der Waals surface area contributed by atoms with E-state index in [4.69, 9.17) is 14.5 Å². The van der Waals surface area contributed by atoms with E-state index in [0.29, 0.717) is 48.0 Å². The number of morpholine rings is 1. The molecule has 1 aliphatic heterocycles. The fraction of sp³-hybridized carbons (Fsp3) is 0.273. The molecule has 9 nitrogen and oxygen atoms in total. The quantitative estimate of drug-likeness (QED) is 0.498. The van der Waals surface area contributed by atoms with Gasteiger partial charge in [-0.3, -0.25) is 5.10 Å². The Morgan fingerprint density at radius 3 is 2.94 bits per heavy atom. The van der Waals surface area contributed by atoms with Crippen LogP contribution in [0.3, 0.4) is 0 Å². The Labute approximate surface area is 178 Å². The van der Waals surface area contributed by atoms with Crippen LogP contribution < -0.4 is 4.90 Å². The topological polar surface area (TPSA) is 98.2 Å². The first-order valence-electron chi connectivity index (χ1n) is 10.1. The molecular formula is C22H22N6O3. The molecule has 158 valence electrons. The fourth-order valence-electron chi connectivity index (χ4n) is 3.71. The number of H-pyrrole nitrogens is 1. The number of hydrogen-bond donors (Lipinski definition) is 1. The Balaban J connectivity index is 1.56. The van der Waals surface area contributed by atoms with Crippen molar-refractivity contribution in [1.82, 2.24) is 25.0 Å². The first-order valence-corrected chi connectivity index (χ1v) is 10.1. The van der Waals surface area contributed by atoms with Gasteiger partial charge in [-0.05, 0) is 18.6 Å². The third-order valence-corrected chi connectivity index (χ3v) is 5.34. The Kier molecular flexibility index (Phi) is 5.09. The minimum absolute atomic E-state index is 0.135. The molecule has 0 aliphatic carbocycles. The van der Waals surface area contributed by atoms with Gasteiger partial charge in [-0.25, -0.2) is 9.78 Å². The molecule has 1 saturated heterocycles. The summed E-state index contributed by atoms with van der Waals surface area (Å²) >= 11 is 0. The number of aromatic nitrogens is 5. The maximum absolute atomic E-state index is 13.1. The zero-order chi connectivity index (χ0) is 21.2. The minimum atomic E-state index is -0.414. The molecular weight excluding hydrogens is 396 g/mol. The predicted octanol–water partition coefficient (Wildman–Crippen LogP) is 2.73. The lowest BCUT2D eigenvalue weighted by Crippen LogP contribution is -2.44. The van der Waals surface area contributed by atoms with E-state index in [-0.39, 0.29) is 12.6 Å². The van der Waals surface area contributed by atoms with Crippen LogP contribution in [0.15, 0.2) is 54.9 Å². The van der Waals surface area contributed by atoms with Crippen LogP contribution in [0.25, 0.3) is 16.9 Å². The molecule has 0 amide bonds. The van der Waals surface area contributed by atoms with E-state index in [1.807, 2.05) is 30.3 Å². The van der Waals surface area contributed by atoms with Crippen LogP contribution in [-0.2, 0) is 16.1 Å². The van der Waals surface area contributed by atoms with Crippen molar-refractivity contribution in [2.24, 2.45) is 0 Å². The molecule has 1 aromatic carbocycles. The molecule has 3 aromatic heterocycles. The first-order chi connectivity index (χ1) is 15.2. The number of carbonyl (C=O) groups excluding carboxylic acids is 1. The van der Waals surface area contributed by atoms with Crippen LogP contribution in [0.4, 0.5) is 5.82 Å². The summed E-state index contributed by atoms with van der Waals surface area (Å²) in [4.78, 5) is 20.1. The normalized spacial score (nSPS) is 16.5. The summed E-state index contributed by atoms with van der Waals surface area (Å²) < 4.78 is 12.8. The highest BCUT2D eigenvalue weighted by molar-refractivity contribution is 6.03. The van der Waals surface area contributed by atoms with Gasteiger partial charge < -0.3 is 14.4 Å². The van der Waals surface area contributed by atoms with Crippen molar-refractivity contribution in [1.29, 1.82) is 0 Å². The smallest absolute Gasteiger partial charge is 0.339 e. The van der Waals surface area contributed by atoms with Crippen LogP contribution in [0.1, 0.15) is 22.8 Å². The van der Waals surface area contributed by atoms with Crippen LogP contribution >= 0.6 is 0 Å². The lowest BCUT2D eigenvalue weighted by Gasteiger charge is -2.34. The average molecular weight is 418 g/mol. The number of pyridine rings is 1. The van der Waals surface area contributed by atoms with Crippen molar-refractivity contribution in [3.05, 3.63) is 66.0 Å². The van der Waals surface area contributed by atoms with Crippen LogP contribution in [0.2, 0.25) is 0 Å². The maximum Gasteiger partial charge on any atom is 0.339 e. The Hall–Kier alpha value is -3.72. The zero-order valence-electron chi connectivity index (χ0n) is 17.1. The summed E-state index contributed by atoms with van der Waals surface area (Å²) in [6.07, 6.45) is 3.28. The highest BCUT2D eigenvalue weighted by atomic mass is 16.5. The Bertz CT molecular complexity index is 1190. The second-order valence-corrected chi connectivity index (χ2v) is 7.44. The van der Waals surface area contributed by atoms with Gasteiger partial charge in [-0.15, -0.1) is 0 Å². The molecule has 0 saturated carbocycles. The van der Waals surface area contributed by atoms with Gasteiger partial charge in [-0.2, -0.15) is 14.9 Å². The fourth-order valence-corrected chi connectivity index (χ4v) is 3.71. The summed E-state index contributed by atoms with van der Waals surface area (Å²) in [7, 11) is 0. The van der Waals surface area contributed by atoms with Crippen molar-refractivity contribution in [3.8, 4) is 5.82 Å². The van der Waals surface area contributed by atoms with Gasteiger partial charge in [0.2, 0.25) is 0 Å². The standard InChI is InChI=1S/C22H22N6O3/c1-15-13-30-10-9-27(15)20-11-17(22(29)31-14-16-5-3-2-4-6-16)18-12-24-28(21(18)25-20)19-7-8-23-26-19/h2-8,11-12,15H,9-10,13-14H2,1H3,(H,23,26)/t15-/m1/s1. The molecule has 9 heteroatoms. The molecule has 0 radical (unpaired) electrons. The summed E-state index contributed by atoms with van der Waals surface area (Å²) in [5.74, 6) is 0.942. The van der Waals surface area contributed by atoms with Crippen LogP contribution in [0.5, 0.6) is 0 Å². The number of anilines is 1. The molecule has 31 heavy (non-hydrogen) atoms. The molecule has 0 spiro atoms. The van der Waals surface area contributed by atoms with E-state index in [0.717, 1.165) is 5.56 Å². The molecule has 1 atom stereocenters. The molecule has 1 fully saturated rings. The number of fused-ring (bicyclic) bond motifs is 1. The molecule has 1 aliphatic rings. The van der Waals surface area contributed by atoms with Gasteiger partial charge in [0.05, 0.1) is 42.6 Å². The molecule has 0 unspecified atom stereocenters. The number of carbonyl (C=O) groups is 1. The minimum Gasteiger partial charge on any atom is -0.457 e.